The van der Waals surface area contributed by atoms with E-state index in [1.807, 2.05) is 0 Å². The average Bonchev–Trinajstić information content (AvgIpc) is 2.39. The van der Waals surface area contributed by atoms with Gasteiger partial charge in [0.05, 0.1) is 12.8 Å². The van der Waals surface area contributed by atoms with Crippen LogP contribution >= 0.6 is 11.8 Å². The first-order valence-electron chi connectivity index (χ1n) is 5.39. The molecule has 2 heterocycles. The van der Waals surface area contributed by atoms with Gasteiger partial charge in [-0.25, -0.2) is 14.8 Å². The van der Waals surface area contributed by atoms with Crippen LogP contribution in [-0.2, 0) is 4.74 Å². The van der Waals surface area contributed by atoms with E-state index in [1.54, 1.807) is 0 Å². The number of carbonyl (C=O) groups excluding carboxylic acids is 1. The summed E-state index contributed by atoms with van der Waals surface area (Å²) in [4.78, 5) is 33.2. The molecule has 0 aliphatic rings. The number of nitrogens with zero attached hydrogens (tertiary/aromatic N) is 2. The molecule has 2 aromatic rings. The quantitative estimate of drug-likeness (QED) is 0.541. The molecule has 0 aliphatic carbocycles. The Balaban J connectivity index is 2.37. The molecule has 0 aromatic carbocycles. The number of H-pyrrole nitrogens is 1. The van der Waals surface area contributed by atoms with Gasteiger partial charge in [0, 0.05) is 6.07 Å². The lowest BCUT2D eigenvalue weighted by Crippen LogP contribution is -2.10. The molecule has 0 fully saturated rings. The Labute approximate surface area is 117 Å². The fourth-order valence-electron chi connectivity index (χ4n) is 1.34. The lowest BCUT2D eigenvalue weighted by atomic mass is 10.3. The van der Waals surface area contributed by atoms with Gasteiger partial charge in [-0.3, -0.25) is 4.79 Å². The zero-order chi connectivity index (χ0) is 14.7. The zero-order valence-electron chi connectivity index (χ0n) is 10.4. The topological polar surface area (TPSA) is 137 Å². The van der Waals surface area contributed by atoms with Crippen molar-refractivity contribution < 1.29 is 9.53 Å². The molecule has 0 amide bonds. The van der Waals surface area contributed by atoms with Crippen LogP contribution in [-0.4, -0.2) is 28.0 Å². The van der Waals surface area contributed by atoms with Crippen LogP contribution in [0.15, 0.2) is 33.2 Å². The van der Waals surface area contributed by atoms with Crippen LogP contribution in [0.2, 0.25) is 0 Å². The van der Waals surface area contributed by atoms with E-state index >= 15 is 0 Å². The SMILES string of the molecule is COC(=O)c1ccc(N)c(Sc2nc(N)cc(=O)[nH]2)n1. The van der Waals surface area contributed by atoms with E-state index in [9.17, 15) is 9.59 Å². The number of nitrogens with two attached hydrogens (primary N) is 2. The maximum absolute atomic E-state index is 11.4. The molecule has 20 heavy (non-hydrogen) atoms. The first-order chi connectivity index (χ1) is 9.49. The van der Waals surface area contributed by atoms with Crippen molar-refractivity contribution in [3.63, 3.8) is 0 Å². The maximum Gasteiger partial charge on any atom is 0.356 e. The highest BCUT2D eigenvalue weighted by atomic mass is 32.2. The van der Waals surface area contributed by atoms with Crippen molar-refractivity contribution >= 4 is 29.2 Å². The van der Waals surface area contributed by atoms with E-state index in [1.165, 1.54) is 19.2 Å². The lowest BCUT2D eigenvalue weighted by molar-refractivity contribution is 0.0593. The van der Waals surface area contributed by atoms with Crippen LogP contribution in [0.25, 0.3) is 0 Å². The number of hydrogen-bond acceptors (Lipinski definition) is 8. The summed E-state index contributed by atoms with van der Waals surface area (Å²) in [7, 11) is 1.25. The Kier molecular flexibility index (Phi) is 3.89. The van der Waals surface area contributed by atoms with Crippen LogP contribution < -0.4 is 17.0 Å². The Hall–Kier alpha value is -2.55. The smallest absolute Gasteiger partial charge is 0.356 e. The Morgan fingerprint density at radius 2 is 2.10 bits per heavy atom. The number of aromatic nitrogens is 3. The van der Waals surface area contributed by atoms with Gasteiger partial charge in [-0.1, -0.05) is 0 Å². The van der Waals surface area contributed by atoms with Gasteiger partial charge in [0.2, 0.25) is 0 Å². The molecule has 2 rings (SSSR count). The van der Waals surface area contributed by atoms with Crippen molar-refractivity contribution in [1.29, 1.82) is 0 Å². The van der Waals surface area contributed by atoms with Crippen molar-refractivity contribution in [3.05, 3.63) is 34.2 Å². The first-order valence-corrected chi connectivity index (χ1v) is 6.21. The minimum absolute atomic E-state index is 0.0824. The van der Waals surface area contributed by atoms with Crippen LogP contribution in [0.3, 0.4) is 0 Å². The second-order valence-electron chi connectivity index (χ2n) is 3.66. The predicted octanol–water partition coefficient (Wildman–Crippen LogP) is 0.267. The lowest BCUT2D eigenvalue weighted by Gasteiger charge is -2.06. The summed E-state index contributed by atoms with van der Waals surface area (Å²) in [5.41, 5.74) is 11.3. The highest BCUT2D eigenvalue weighted by molar-refractivity contribution is 7.99. The number of carbonyl (C=O) groups is 1. The van der Waals surface area contributed by atoms with Gasteiger partial charge < -0.3 is 21.2 Å². The molecule has 9 heteroatoms. The van der Waals surface area contributed by atoms with E-state index in [0.29, 0.717) is 10.7 Å². The number of ether oxygens (including phenoxy) is 1. The average molecular weight is 293 g/mol. The number of nitrogens with one attached hydrogen (secondary N) is 1. The van der Waals surface area contributed by atoms with Gasteiger partial charge in [0.15, 0.2) is 5.16 Å². The molecule has 0 spiro atoms. The molecule has 104 valence electrons. The third-order valence-corrected chi connectivity index (χ3v) is 3.12. The molecule has 2 aromatic heterocycles. The molecule has 0 bridgehead atoms. The molecule has 8 nitrogen and oxygen atoms in total. The highest BCUT2D eigenvalue weighted by Crippen LogP contribution is 2.27. The highest BCUT2D eigenvalue weighted by Gasteiger charge is 2.12. The largest absolute Gasteiger partial charge is 0.464 e. The molecule has 0 radical (unpaired) electrons. The summed E-state index contributed by atoms with van der Waals surface area (Å²) in [6.45, 7) is 0. The second-order valence-corrected chi connectivity index (χ2v) is 4.64. The molecule has 0 atom stereocenters. The molecule has 0 aliphatic heterocycles. The molecule has 0 unspecified atom stereocenters. The molecule has 0 saturated carbocycles. The van der Waals surface area contributed by atoms with Crippen LogP contribution in [0.5, 0.6) is 0 Å². The van der Waals surface area contributed by atoms with Crippen molar-refractivity contribution in [2.45, 2.75) is 10.2 Å². The van der Waals surface area contributed by atoms with Gasteiger partial charge in [-0.2, -0.15) is 0 Å². The van der Waals surface area contributed by atoms with Gasteiger partial charge in [0.1, 0.15) is 16.5 Å². The normalized spacial score (nSPS) is 10.2. The molecular formula is C11H11N5O3S. The summed E-state index contributed by atoms with van der Waals surface area (Å²) >= 11 is 0.994. The van der Waals surface area contributed by atoms with Crippen LogP contribution in [0.1, 0.15) is 10.5 Å². The number of pyridine rings is 1. The summed E-state index contributed by atoms with van der Waals surface area (Å²) < 4.78 is 4.57. The number of hydrogen-bond donors (Lipinski definition) is 3. The second kappa shape index (κ2) is 5.61. The van der Waals surface area contributed by atoms with Crippen molar-refractivity contribution in [3.8, 4) is 0 Å². The van der Waals surface area contributed by atoms with Crippen LogP contribution in [0.4, 0.5) is 11.5 Å². The first kappa shape index (κ1) is 13.9. The van der Waals surface area contributed by atoms with E-state index in [0.717, 1.165) is 17.8 Å². The van der Waals surface area contributed by atoms with Crippen LogP contribution in [0, 0.1) is 0 Å². The number of esters is 1. The Morgan fingerprint density at radius 3 is 2.75 bits per heavy atom. The minimum Gasteiger partial charge on any atom is -0.464 e. The van der Waals surface area contributed by atoms with Gasteiger partial charge in [0.25, 0.3) is 5.56 Å². The molecule has 5 N–H and O–H groups in total. The predicted molar refractivity (Wildman–Crippen MR) is 73.4 cm³/mol. The van der Waals surface area contributed by atoms with Crippen molar-refractivity contribution in [1.82, 2.24) is 15.0 Å². The number of nitrogen functional groups attached to an aromatic ring is 2. The van der Waals surface area contributed by atoms with E-state index < -0.39 is 5.97 Å². The number of rotatable bonds is 3. The summed E-state index contributed by atoms with van der Waals surface area (Å²) in [5.74, 6) is -0.500. The number of methoxy groups -OCH3 is 1. The third-order valence-electron chi connectivity index (χ3n) is 2.22. The maximum atomic E-state index is 11.4. The molecular weight excluding hydrogens is 282 g/mol. The monoisotopic (exact) mass is 293 g/mol. The van der Waals surface area contributed by atoms with Crippen molar-refractivity contribution in [2.24, 2.45) is 0 Å². The molecule has 0 saturated heterocycles. The fourth-order valence-corrected chi connectivity index (χ4v) is 2.16. The van der Waals surface area contributed by atoms with E-state index in [-0.39, 0.29) is 22.2 Å². The minimum atomic E-state index is -0.583. The van der Waals surface area contributed by atoms with Gasteiger partial charge >= 0.3 is 5.97 Å². The Morgan fingerprint density at radius 1 is 1.35 bits per heavy atom. The number of aromatic amines is 1. The summed E-state index contributed by atoms with van der Waals surface area (Å²) in [6, 6.07) is 4.12. The summed E-state index contributed by atoms with van der Waals surface area (Å²) in [6.07, 6.45) is 0. The van der Waals surface area contributed by atoms with E-state index in [4.69, 9.17) is 11.5 Å². The summed E-state index contributed by atoms with van der Waals surface area (Å²) in [5, 5.41) is 0.554. The van der Waals surface area contributed by atoms with Gasteiger partial charge in [-0.15, -0.1) is 0 Å². The standard InChI is InChI=1S/C11H11N5O3S/c1-19-10(18)6-3-2-5(12)9(14-6)20-11-15-7(13)4-8(17)16-11/h2-4H,12H2,1H3,(H3,13,15,16,17). The third kappa shape index (κ3) is 3.06. The Bertz CT molecular complexity index is 715. The zero-order valence-corrected chi connectivity index (χ0v) is 11.2. The fraction of sp³-hybridized carbons (Fsp3) is 0.0909. The van der Waals surface area contributed by atoms with Gasteiger partial charge in [-0.05, 0) is 23.9 Å². The number of anilines is 2. The van der Waals surface area contributed by atoms with Crippen molar-refractivity contribution in [2.75, 3.05) is 18.6 Å². The van der Waals surface area contributed by atoms with E-state index in [2.05, 4.69) is 19.7 Å².